The molecule has 0 spiro atoms. The third kappa shape index (κ3) is 8.02. The van der Waals surface area contributed by atoms with E-state index in [1.165, 1.54) is 19.1 Å². The molecule has 0 atom stereocenters. The van der Waals surface area contributed by atoms with Gasteiger partial charge in [-0.1, -0.05) is 0 Å². The van der Waals surface area contributed by atoms with E-state index in [1.807, 2.05) is 0 Å². The fourth-order valence-corrected chi connectivity index (χ4v) is 22.6. The van der Waals surface area contributed by atoms with Crippen LogP contribution in [0.1, 0.15) is 0 Å². The zero-order chi connectivity index (χ0) is 5.54. The van der Waals surface area contributed by atoms with Crippen LogP contribution in [0.4, 0.5) is 0 Å². The molecule has 1 nitrogen and oxygen atoms in total. The van der Waals surface area contributed by atoms with Crippen molar-refractivity contribution in [1.82, 2.24) is 0 Å². The van der Waals surface area contributed by atoms with Crippen molar-refractivity contribution in [2.24, 2.45) is 0 Å². The van der Waals surface area contributed by atoms with Gasteiger partial charge < -0.3 is 0 Å². The zero-order valence-corrected chi connectivity index (χ0v) is 13.8. The van der Waals surface area contributed by atoms with Gasteiger partial charge in [0.1, 0.15) is 0 Å². The number of carbonyl (C=O) groups excluding carboxylic acids is 1. The van der Waals surface area contributed by atoms with Gasteiger partial charge in [0, 0.05) is 0 Å². The number of hydrogen-bond acceptors (Lipinski definition) is 1. The summed E-state index contributed by atoms with van der Waals surface area (Å²) in [5.74, 6) is 0. The van der Waals surface area contributed by atoms with Gasteiger partial charge in [0.05, 0.1) is 0 Å². The van der Waals surface area contributed by atoms with Gasteiger partial charge in [0.25, 0.3) is 0 Å². The van der Waals surface area contributed by atoms with Gasteiger partial charge in [-0.2, -0.15) is 0 Å². The SMILES string of the molecule is O=[CH][In]/[CH]=[CH]\[In]=[In]. The predicted octanol–water partition coefficient (Wildman–Crippen LogP) is -0.860. The van der Waals surface area contributed by atoms with Gasteiger partial charge >= 0.3 is 76.1 Å². The van der Waals surface area contributed by atoms with E-state index >= 15 is 0 Å². The maximum atomic E-state index is 9.74. The first-order valence-electron chi connectivity index (χ1n) is 1.90. The van der Waals surface area contributed by atoms with Crippen LogP contribution < -0.4 is 0 Å². The third-order valence-corrected chi connectivity index (χ3v) is 11.3. The van der Waals surface area contributed by atoms with Gasteiger partial charge in [0.2, 0.25) is 0 Å². The van der Waals surface area contributed by atoms with Crippen LogP contribution in [0.3, 0.4) is 0 Å². The van der Waals surface area contributed by atoms with E-state index in [2.05, 4.69) is 7.67 Å². The van der Waals surface area contributed by atoms with Gasteiger partial charge in [-0.3, -0.25) is 0 Å². The molecule has 7 heavy (non-hydrogen) atoms. The fraction of sp³-hybridized carbons (Fsp3) is 0. The molecule has 0 unspecified atom stereocenters. The summed E-state index contributed by atoms with van der Waals surface area (Å²) >= 11 is 0.598. The number of hydrogen-bond donors (Lipinski definition) is 0. The summed E-state index contributed by atoms with van der Waals surface area (Å²) in [5, 5.41) is 0. The minimum absolute atomic E-state index is 0.124. The predicted molar refractivity (Wildman–Crippen MR) is 33.2 cm³/mol. The molecule has 0 saturated heterocycles. The molecule has 0 N–H and O–H groups in total. The van der Waals surface area contributed by atoms with Crippen molar-refractivity contribution in [3.05, 3.63) is 7.67 Å². The Morgan fingerprint density at radius 2 is 2.14 bits per heavy atom. The summed E-state index contributed by atoms with van der Waals surface area (Å²) in [5.41, 5.74) is 0. The molecule has 4 heteroatoms. The van der Waals surface area contributed by atoms with Crippen molar-refractivity contribution in [2.75, 3.05) is 0 Å². The Hall–Kier alpha value is 2.02. The van der Waals surface area contributed by atoms with Crippen LogP contribution in [-0.4, -0.2) is 63.6 Å². The molecule has 0 aliphatic rings. The third-order valence-electron chi connectivity index (χ3n) is 0.412. The second-order valence-electron chi connectivity index (χ2n) is 0.906. The van der Waals surface area contributed by atoms with E-state index in [1.54, 1.807) is 0 Å². The Balaban J connectivity index is 3.08. The van der Waals surface area contributed by atoms with Gasteiger partial charge in [-0.25, -0.2) is 0 Å². The Morgan fingerprint density at radius 3 is 2.57 bits per heavy atom. The van der Waals surface area contributed by atoms with E-state index in [9.17, 15) is 4.79 Å². The second kappa shape index (κ2) is 8.02. The first-order valence-corrected chi connectivity index (χ1v) is 22.3. The summed E-state index contributed by atoms with van der Waals surface area (Å²) in [6.07, 6.45) is 0. The van der Waals surface area contributed by atoms with Crippen LogP contribution in [-0.2, 0) is 4.79 Å². The quantitative estimate of drug-likeness (QED) is 0.565. The van der Waals surface area contributed by atoms with Crippen LogP contribution in [0, 0.1) is 0 Å². The molecular formula is C3H3In3O. The van der Waals surface area contributed by atoms with E-state index < -0.39 is 22.9 Å². The van der Waals surface area contributed by atoms with Crippen molar-refractivity contribution in [3.63, 3.8) is 0 Å². The van der Waals surface area contributed by atoms with Crippen molar-refractivity contribution in [2.45, 2.75) is 0 Å². The Kier molecular flexibility index (Phi) is 10.3. The standard InChI is InChI=1S/C2H2.CHO.3In/c2*1-2;;;/h1-2H;1H;;;. The fourth-order valence-electron chi connectivity index (χ4n) is 0.174. The Morgan fingerprint density at radius 1 is 1.43 bits per heavy atom. The minimum atomic E-state index is -0.755. The van der Waals surface area contributed by atoms with Crippen molar-refractivity contribution in [3.8, 4) is 0 Å². The van der Waals surface area contributed by atoms with Gasteiger partial charge in [-0.15, -0.1) is 0 Å². The summed E-state index contributed by atoms with van der Waals surface area (Å²) in [4.78, 5) is 9.74. The molecule has 30 valence electrons. The summed E-state index contributed by atoms with van der Waals surface area (Å²) in [7, 11) is 0. The van der Waals surface area contributed by atoms with Crippen molar-refractivity contribution < 1.29 is 4.79 Å². The molecule has 0 amide bonds. The summed E-state index contributed by atoms with van der Waals surface area (Å²) < 4.78 is 5.62. The average molecular weight is 400 g/mol. The van der Waals surface area contributed by atoms with Crippen LogP contribution >= 0.6 is 0 Å². The molecule has 0 fully saturated rings. The Bertz CT molecular complexity index is 88.2. The zero-order valence-electron chi connectivity index (χ0n) is 3.87. The monoisotopic (exact) mass is 400 g/mol. The Labute approximate surface area is 74.5 Å². The normalized spacial score (nSPS) is 7.86. The molecule has 0 aliphatic heterocycles. The van der Waals surface area contributed by atoms with Crippen molar-refractivity contribution in [1.29, 1.82) is 0 Å². The summed E-state index contributed by atoms with van der Waals surface area (Å²) in [6, 6.07) is 0. The number of carbonyl (C=O) groups is 1. The molecule has 0 saturated carbocycles. The molecule has 0 aromatic carbocycles. The number of rotatable bonds is 3. The van der Waals surface area contributed by atoms with E-state index in [-0.39, 0.29) is 17.6 Å². The average Bonchev–Trinajstić information content (AvgIpc) is 1.69. The first kappa shape index (κ1) is 9.02. The molecule has 2 radical (unpaired) electrons. The van der Waals surface area contributed by atoms with Crippen LogP contribution in [0.2, 0.25) is 0 Å². The topological polar surface area (TPSA) is 17.1 Å². The van der Waals surface area contributed by atoms with Crippen LogP contribution in [0.5, 0.6) is 0 Å². The summed E-state index contributed by atoms with van der Waals surface area (Å²) in [6.45, 7) is 0. The molecule has 0 rings (SSSR count). The van der Waals surface area contributed by atoms with Crippen LogP contribution in [0.15, 0.2) is 7.67 Å². The maximum absolute atomic E-state index is 9.74. The van der Waals surface area contributed by atoms with E-state index in [4.69, 9.17) is 0 Å². The second-order valence-corrected chi connectivity index (χ2v) is 13.4. The van der Waals surface area contributed by atoms with E-state index in [0.717, 1.165) is 4.04 Å². The van der Waals surface area contributed by atoms with Crippen molar-refractivity contribution >= 4 is 63.6 Å². The molecule has 0 aromatic rings. The molecular weight excluding hydrogens is 396 g/mol. The van der Waals surface area contributed by atoms with Gasteiger partial charge in [-0.05, 0) is 0 Å². The molecule has 0 heterocycles. The molecule has 0 bridgehead atoms. The van der Waals surface area contributed by atoms with E-state index in [0.29, 0.717) is 0 Å². The molecule has 0 aliphatic carbocycles. The van der Waals surface area contributed by atoms with Crippen LogP contribution in [0.25, 0.3) is 0 Å². The van der Waals surface area contributed by atoms with Gasteiger partial charge in [0.15, 0.2) is 0 Å². The first-order chi connectivity index (χ1) is 3.41. The molecule has 0 aromatic heterocycles.